The van der Waals surface area contributed by atoms with Crippen LogP contribution >= 0.6 is 11.8 Å². The van der Waals surface area contributed by atoms with E-state index in [9.17, 15) is 4.79 Å². The van der Waals surface area contributed by atoms with Crippen LogP contribution in [-0.4, -0.2) is 49.7 Å². The average Bonchev–Trinajstić information content (AvgIpc) is 3.30. The Labute approximate surface area is 184 Å². The second-order valence-electron chi connectivity index (χ2n) is 6.91. The summed E-state index contributed by atoms with van der Waals surface area (Å²) in [5.74, 6) is 2.58. The Bertz CT molecular complexity index is 1060. The number of carbonyl (C=O) groups is 1. The molecule has 2 aromatic carbocycles. The van der Waals surface area contributed by atoms with Gasteiger partial charge in [0.2, 0.25) is 11.8 Å². The molecule has 1 amide bonds. The lowest BCUT2D eigenvalue weighted by molar-refractivity contribution is -0.116. The lowest BCUT2D eigenvalue weighted by Crippen LogP contribution is -2.36. The molecule has 1 aliphatic heterocycles. The van der Waals surface area contributed by atoms with E-state index in [4.69, 9.17) is 18.6 Å². The molecule has 0 unspecified atom stereocenters. The van der Waals surface area contributed by atoms with E-state index in [1.54, 1.807) is 39.5 Å². The van der Waals surface area contributed by atoms with Crippen LogP contribution in [0.4, 0.5) is 5.69 Å². The van der Waals surface area contributed by atoms with E-state index >= 15 is 0 Å². The van der Waals surface area contributed by atoms with Gasteiger partial charge in [-0.25, -0.2) is 0 Å². The maximum Gasteiger partial charge on any atom is 0.277 e. The quantitative estimate of drug-likeness (QED) is 0.511. The van der Waals surface area contributed by atoms with Gasteiger partial charge in [-0.2, -0.15) is 0 Å². The molecule has 162 valence electrons. The standard InChI is InChI=1S/C22H23N3O5S/c1-27-16-6-7-19-14(9-16)5-4-8-25(19)20(26)13-31-22-24-23-21(30-22)15-10-17(28-2)12-18(11-15)29-3/h6-7,9-12H,4-5,8,13H2,1-3H3. The van der Waals surface area contributed by atoms with E-state index in [-0.39, 0.29) is 11.7 Å². The molecule has 0 radical (unpaired) electrons. The van der Waals surface area contributed by atoms with Crippen LogP contribution in [0.15, 0.2) is 46.0 Å². The van der Waals surface area contributed by atoms with Gasteiger partial charge in [-0.15, -0.1) is 10.2 Å². The van der Waals surface area contributed by atoms with Crippen LogP contribution in [0.1, 0.15) is 12.0 Å². The zero-order valence-electron chi connectivity index (χ0n) is 17.6. The normalized spacial score (nSPS) is 12.9. The second kappa shape index (κ2) is 9.30. The molecule has 1 aliphatic rings. The van der Waals surface area contributed by atoms with E-state index < -0.39 is 0 Å². The first kappa shape index (κ1) is 21.0. The number of rotatable bonds is 7. The molecular formula is C22H23N3O5S. The summed E-state index contributed by atoms with van der Waals surface area (Å²) in [5.41, 5.74) is 2.74. The Kier molecular flexibility index (Phi) is 6.31. The van der Waals surface area contributed by atoms with Gasteiger partial charge in [0.1, 0.15) is 17.2 Å². The van der Waals surface area contributed by atoms with E-state index in [0.717, 1.165) is 29.8 Å². The van der Waals surface area contributed by atoms with Gasteiger partial charge >= 0.3 is 0 Å². The fourth-order valence-corrected chi connectivity index (χ4v) is 4.12. The summed E-state index contributed by atoms with van der Waals surface area (Å²) in [6.45, 7) is 0.692. The van der Waals surface area contributed by atoms with Gasteiger partial charge in [-0.1, -0.05) is 11.8 Å². The SMILES string of the molecule is COc1cc(OC)cc(-c2nnc(SCC(=O)N3CCCc4cc(OC)ccc43)o2)c1. The van der Waals surface area contributed by atoms with Crippen LogP contribution in [-0.2, 0) is 11.2 Å². The van der Waals surface area contributed by atoms with E-state index in [2.05, 4.69) is 10.2 Å². The molecule has 4 rings (SSSR count). The molecule has 0 aliphatic carbocycles. The highest BCUT2D eigenvalue weighted by atomic mass is 32.2. The van der Waals surface area contributed by atoms with Crippen molar-refractivity contribution in [3.05, 3.63) is 42.0 Å². The molecule has 0 spiro atoms. The topological polar surface area (TPSA) is 86.9 Å². The molecule has 31 heavy (non-hydrogen) atoms. The van der Waals surface area contributed by atoms with Crippen molar-refractivity contribution >= 4 is 23.4 Å². The van der Waals surface area contributed by atoms with Crippen molar-refractivity contribution in [1.29, 1.82) is 0 Å². The molecule has 0 N–H and O–H groups in total. The number of hydrogen-bond acceptors (Lipinski definition) is 8. The van der Waals surface area contributed by atoms with E-state index in [1.165, 1.54) is 11.8 Å². The summed E-state index contributed by atoms with van der Waals surface area (Å²) in [4.78, 5) is 14.7. The third kappa shape index (κ3) is 4.61. The Hall–Kier alpha value is -3.20. The number of carbonyl (C=O) groups excluding carboxylic acids is 1. The number of ether oxygens (including phenoxy) is 3. The highest BCUT2D eigenvalue weighted by Gasteiger charge is 2.24. The monoisotopic (exact) mass is 441 g/mol. The van der Waals surface area contributed by atoms with Crippen LogP contribution in [0.25, 0.3) is 11.5 Å². The van der Waals surface area contributed by atoms with Crippen LogP contribution in [0.5, 0.6) is 17.2 Å². The molecule has 3 aromatic rings. The smallest absolute Gasteiger partial charge is 0.277 e. The van der Waals surface area contributed by atoms with Crippen molar-refractivity contribution in [3.63, 3.8) is 0 Å². The Balaban J connectivity index is 1.45. The number of thioether (sulfide) groups is 1. The fraction of sp³-hybridized carbons (Fsp3) is 0.318. The summed E-state index contributed by atoms with van der Waals surface area (Å²) in [7, 11) is 4.80. The van der Waals surface area contributed by atoms with Gasteiger partial charge in [0.25, 0.3) is 5.22 Å². The maximum absolute atomic E-state index is 12.9. The van der Waals surface area contributed by atoms with Crippen LogP contribution < -0.4 is 19.1 Å². The fourth-order valence-electron chi connectivity index (χ4n) is 3.48. The number of anilines is 1. The largest absolute Gasteiger partial charge is 0.497 e. The predicted octanol–water partition coefficient (Wildman–Crippen LogP) is 3.83. The molecule has 0 saturated carbocycles. The van der Waals surface area contributed by atoms with Gasteiger partial charge in [0, 0.05) is 23.9 Å². The second-order valence-corrected chi connectivity index (χ2v) is 7.83. The highest BCUT2D eigenvalue weighted by molar-refractivity contribution is 7.99. The van der Waals surface area contributed by atoms with Crippen LogP contribution in [0.3, 0.4) is 0 Å². The number of aromatic nitrogens is 2. The molecule has 2 heterocycles. The van der Waals surface area contributed by atoms with Crippen molar-refractivity contribution in [2.75, 3.05) is 38.5 Å². The number of aryl methyl sites for hydroxylation is 1. The molecule has 1 aromatic heterocycles. The lowest BCUT2D eigenvalue weighted by Gasteiger charge is -2.29. The molecule has 0 atom stereocenters. The number of nitrogens with zero attached hydrogens (tertiary/aromatic N) is 3. The van der Waals surface area contributed by atoms with Crippen molar-refractivity contribution in [2.45, 2.75) is 18.1 Å². The van der Waals surface area contributed by atoms with Crippen molar-refractivity contribution in [3.8, 4) is 28.7 Å². The summed E-state index contributed by atoms with van der Waals surface area (Å²) in [6, 6.07) is 11.2. The molecule has 9 heteroatoms. The summed E-state index contributed by atoms with van der Waals surface area (Å²) in [5, 5.41) is 8.49. The number of amides is 1. The molecule has 0 bridgehead atoms. The zero-order valence-corrected chi connectivity index (χ0v) is 18.4. The zero-order chi connectivity index (χ0) is 21.8. The van der Waals surface area contributed by atoms with Gasteiger partial charge in [0.05, 0.1) is 27.1 Å². The summed E-state index contributed by atoms with van der Waals surface area (Å²) in [6.07, 6.45) is 1.85. The lowest BCUT2D eigenvalue weighted by atomic mass is 10.0. The minimum absolute atomic E-state index is 0.00100. The number of methoxy groups -OCH3 is 3. The van der Waals surface area contributed by atoms with E-state index in [1.807, 2.05) is 23.1 Å². The maximum atomic E-state index is 12.9. The van der Waals surface area contributed by atoms with Crippen LogP contribution in [0, 0.1) is 0 Å². The first-order chi connectivity index (χ1) is 15.1. The first-order valence-corrected chi connectivity index (χ1v) is 10.8. The molecular weight excluding hydrogens is 418 g/mol. The summed E-state index contributed by atoms with van der Waals surface area (Å²) < 4.78 is 21.6. The van der Waals surface area contributed by atoms with E-state index in [0.29, 0.717) is 34.7 Å². The third-order valence-electron chi connectivity index (χ3n) is 5.03. The van der Waals surface area contributed by atoms with Gasteiger partial charge in [0.15, 0.2) is 0 Å². The van der Waals surface area contributed by atoms with Crippen molar-refractivity contribution in [2.24, 2.45) is 0 Å². The minimum atomic E-state index is -0.00100. The predicted molar refractivity (Wildman–Crippen MR) is 117 cm³/mol. The first-order valence-electron chi connectivity index (χ1n) is 9.78. The molecule has 8 nitrogen and oxygen atoms in total. The minimum Gasteiger partial charge on any atom is -0.497 e. The van der Waals surface area contributed by atoms with Gasteiger partial charge in [-0.05, 0) is 48.7 Å². The average molecular weight is 442 g/mol. The summed E-state index contributed by atoms with van der Waals surface area (Å²) >= 11 is 1.22. The Morgan fingerprint density at radius 3 is 2.48 bits per heavy atom. The van der Waals surface area contributed by atoms with Gasteiger partial charge in [-0.3, -0.25) is 4.79 Å². The number of fused-ring (bicyclic) bond motifs is 1. The highest BCUT2D eigenvalue weighted by Crippen LogP contribution is 2.33. The number of benzene rings is 2. The third-order valence-corrected chi connectivity index (χ3v) is 5.83. The molecule has 0 saturated heterocycles. The van der Waals surface area contributed by atoms with Crippen molar-refractivity contribution < 1.29 is 23.4 Å². The Morgan fingerprint density at radius 2 is 1.77 bits per heavy atom. The van der Waals surface area contributed by atoms with Crippen molar-refractivity contribution in [1.82, 2.24) is 10.2 Å². The molecule has 0 fully saturated rings. The van der Waals surface area contributed by atoms with Gasteiger partial charge < -0.3 is 23.5 Å². The Morgan fingerprint density at radius 1 is 1.03 bits per heavy atom. The number of hydrogen-bond donors (Lipinski definition) is 0. The van der Waals surface area contributed by atoms with Crippen LogP contribution in [0.2, 0.25) is 0 Å².